The highest BCUT2D eigenvalue weighted by atomic mass is 32.2. The van der Waals surface area contributed by atoms with Gasteiger partial charge in [-0.15, -0.1) is 11.8 Å². The molecule has 5 heteroatoms. The summed E-state index contributed by atoms with van der Waals surface area (Å²) in [6.45, 7) is 0.685. The quantitative estimate of drug-likeness (QED) is 0.942. The highest BCUT2D eigenvalue weighted by Gasteiger charge is 2.23. The zero-order chi connectivity index (χ0) is 14.1. The first-order valence-electron chi connectivity index (χ1n) is 6.30. The molecule has 4 nitrogen and oxygen atoms in total. The molecule has 1 aromatic carbocycles. The number of pyridine rings is 1. The van der Waals surface area contributed by atoms with Crippen molar-refractivity contribution in [3.05, 3.63) is 64.1 Å². The fourth-order valence-electron chi connectivity index (χ4n) is 2.43. The Morgan fingerprint density at radius 2 is 2.15 bits per heavy atom. The summed E-state index contributed by atoms with van der Waals surface area (Å²) in [6.07, 6.45) is 3.08. The van der Waals surface area contributed by atoms with Gasteiger partial charge in [0.1, 0.15) is 5.56 Å². The van der Waals surface area contributed by atoms with E-state index in [4.69, 9.17) is 5.11 Å². The Kier molecular flexibility index (Phi) is 3.36. The molecule has 1 unspecified atom stereocenters. The second kappa shape index (κ2) is 5.17. The van der Waals surface area contributed by atoms with E-state index in [1.54, 1.807) is 10.8 Å². The Balaban J connectivity index is 1.88. The fraction of sp³-hybridized carbons (Fsp3) is 0.200. The van der Waals surface area contributed by atoms with Crippen LogP contribution >= 0.6 is 11.8 Å². The highest BCUT2D eigenvalue weighted by Crippen LogP contribution is 2.39. The first-order valence-corrected chi connectivity index (χ1v) is 7.29. The molecule has 0 fully saturated rings. The molecule has 1 atom stereocenters. The van der Waals surface area contributed by atoms with Crippen molar-refractivity contribution in [3.63, 3.8) is 0 Å². The van der Waals surface area contributed by atoms with E-state index in [0.29, 0.717) is 12.5 Å². The summed E-state index contributed by atoms with van der Waals surface area (Å²) < 4.78 is 1.79. The number of fused-ring (bicyclic) bond motifs is 1. The van der Waals surface area contributed by atoms with Gasteiger partial charge >= 0.3 is 5.97 Å². The molecule has 2 aromatic rings. The Labute approximate surface area is 120 Å². The van der Waals surface area contributed by atoms with Gasteiger partial charge in [-0.3, -0.25) is 4.79 Å². The number of aromatic nitrogens is 1. The molecule has 0 bridgehead atoms. The number of carbonyl (C=O) groups is 1. The van der Waals surface area contributed by atoms with Crippen LogP contribution in [-0.2, 0) is 6.54 Å². The van der Waals surface area contributed by atoms with Crippen molar-refractivity contribution in [1.29, 1.82) is 0 Å². The van der Waals surface area contributed by atoms with Crippen LogP contribution in [0, 0.1) is 0 Å². The number of hydrogen-bond acceptors (Lipinski definition) is 3. The summed E-state index contributed by atoms with van der Waals surface area (Å²) in [5.41, 5.74) is 0.675. The average Bonchev–Trinajstić information content (AvgIpc) is 2.84. The number of aromatic carboxylic acids is 1. The number of carboxylic acid groups (broad SMARTS) is 1. The van der Waals surface area contributed by atoms with E-state index >= 15 is 0 Å². The van der Waals surface area contributed by atoms with Gasteiger partial charge in [-0.05, 0) is 11.6 Å². The van der Waals surface area contributed by atoms with Crippen LogP contribution in [-0.4, -0.2) is 21.4 Å². The Morgan fingerprint density at radius 3 is 2.95 bits per heavy atom. The summed E-state index contributed by atoms with van der Waals surface area (Å²) in [6, 6.07) is 9.58. The molecule has 20 heavy (non-hydrogen) atoms. The summed E-state index contributed by atoms with van der Waals surface area (Å²) in [5, 5.41) is 8.99. The largest absolute Gasteiger partial charge is 0.477 e. The van der Waals surface area contributed by atoms with Crippen molar-refractivity contribution < 1.29 is 9.90 Å². The van der Waals surface area contributed by atoms with Gasteiger partial charge in [-0.2, -0.15) is 0 Å². The molecule has 0 amide bonds. The standard InChI is InChI=1S/C15H13NO3S/c17-13-5-6-16(8-12(13)15(18)19)7-10-9-20-14-4-2-1-3-11(10)14/h1-6,8,10H,7,9H2,(H,18,19). The minimum atomic E-state index is -1.18. The number of nitrogens with zero attached hydrogens (tertiary/aromatic N) is 1. The summed E-state index contributed by atoms with van der Waals surface area (Å²) in [4.78, 5) is 23.7. The van der Waals surface area contributed by atoms with Crippen molar-refractivity contribution >= 4 is 17.7 Å². The van der Waals surface area contributed by atoms with Crippen LogP contribution in [0.2, 0.25) is 0 Å². The highest BCUT2D eigenvalue weighted by molar-refractivity contribution is 7.99. The monoisotopic (exact) mass is 287 g/mol. The average molecular weight is 287 g/mol. The number of rotatable bonds is 3. The Bertz CT molecular complexity index is 723. The molecule has 1 aromatic heterocycles. The van der Waals surface area contributed by atoms with Crippen LogP contribution in [0.15, 0.2) is 52.4 Å². The predicted octanol–water partition coefficient (Wildman–Crippen LogP) is 2.44. The zero-order valence-electron chi connectivity index (χ0n) is 10.7. The molecule has 1 aliphatic rings. The molecule has 2 heterocycles. The van der Waals surface area contributed by atoms with E-state index in [9.17, 15) is 9.59 Å². The maximum Gasteiger partial charge on any atom is 0.341 e. The van der Waals surface area contributed by atoms with Gasteiger partial charge in [-0.25, -0.2) is 4.79 Å². The lowest BCUT2D eigenvalue weighted by molar-refractivity contribution is 0.0694. The second-order valence-electron chi connectivity index (χ2n) is 4.77. The minimum Gasteiger partial charge on any atom is -0.477 e. The lowest BCUT2D eigenvalue weighted by atomic mass is 10.0. The van der Waals surface area contributed by atoms with Gasteiger partial charge in [-0.1, -0.05) is 18.2 Å². The van der Waals surface area contributed by atoms with Crippen LogP contribution in [0.4, 0.5) is 0 Å². The van der Waals surface area contributed by atoms with Gasteiger partial charge in [0.2, 0.25) is 0 Å². The smallest absolute Gasteiger partial charge is 0.341 e. The van der Waals surface area contributed by atoms with E-state index < -0.39 is 11.4 Å². The first kappa shape index (κ1) is 13.0. The summed E-state index contributed by atoms with van der Waals surface area (Å²) in [7, 11) is 0. The lowest BCUT2D eigenvalue weighted by Gasteiger charge is -2.13. The summed E-state index contributed by atoms with van der Waals surface area (Å²) in [5.74, 6) is 0.152. The van der Waals surface area contributed by atoms with Crippen molar-refractivity contribution in [2.24, 2.45) is 0 Å². The van der Waals surface area contributed by atoms with Crippen LogP contribution in [0.5, 0.6) is 0 Å². The van der Waals surface area contributed by atoms with E-state index in [0.717, 1.165) is 5.75 Å². The Morgan fingerprint density at radius 1 is 1.35 bits per heavy atom. The van der Waals surface area contributed by atoms with Crippen LogP contribution in [0.25, 0.3) is 0 Å². The Hall–Kier alpha value is -2.01. The van der Waals surface area contributed by atoms with Gasteiger partial charge in [0.15, 0.2) is 5.43 Å². The third-order valence-electron chi connectivity index (χ3n) is 3.44. The lowest BCUT2D eigenvalue weighted by Crippen LogP contribution is -2.18. The SMILES string of the molecule is O=C(O)c1cn(CC2CSc3ccccc32)ccc1=O. The van der Waals surface area contributed by atoms with Crippen LogP contribution in [0.3, 0.4) is 0 Å². The molecule has 0 saturated carbocycles. The molecule has 3 rings (SSSR count). The molecule has 0 aliphatic carbocycles. The molecule has 1 aliphatic heterocycles. The molecule has 0 saturated heterocycles. The molecular formula is C15H13NO3S. The zero-order valence-corrected chi connectivity index (χ0v) is 11.5. The second-order valence-corrected chi connectivity index (χ2v) is 5.83. The van der Waals surface area contributed by atoms with Crippen LogP contribution in [0.1, 0.15) is 21.8 Å². The third-order valence-corrected chi connectivity index (χ3v) is 4.69. The van der Waals surface area contributed by atoms with E-state index in [1.807, 2.05) is 23.9 Å². The first-order chi connectivity index (χ1) is 9.65. The fourth-order valence-corrected chi connectivity index (χ4v) is 3.68. The van der Waals surface area contributed by atoms with Crippen molar-refractivity contribution in [1.82, 2.24) is 4.57 Å². The molecular weight excluding hydrogens is 274 g/mol. The van der Waals surface area contributed by atoms with Gasteiger partial charge in [0.25, 0.3) is 0 Å². The number of benzene rings is 1. The van der Waals surface area contributed by atoms with Gasteiger partial charge in [0, 0.05) is 41.6 Å². The number of carboxylic acids is 1. The van der Waals surface area contributed by atoms with Crippen molar-refractivity contribution in [2.75, 3.05) is 5.75 Å². The van der Waals surface area contributed by atoms with E-state index in [-0.39, 0.29) is 5.56 Å². The van der Waals surface area contributed by atoms with Gasteiger partial charge in [0.05, 0.1) is 0 Å². The normalized spacial score (nSPS) is 16.9. The minimum absolute atomic E-state index is 0.175. The van der Waals surface area contributed by atoms with E-state index in [2.05, 4.69) is 12.1 Å². The third kappa shape index (κ3) is 2.36. The number of hydrogen-bond donors (Lipinski definition) is 1. The molecule has 0 radical (unpaired) electrons. The number of thioether (sulfide) groups is 1. The maximum absolute atomic E-state index is 11.5. The maximum atomic E-state index is 11.5. The van der Waals surface area contributed by atoms with E-state index in [1.165, 1.54) is 22.7 Å². The molecule has 102 valence electrons. The van der Waals surface area contributed by atoms with Gasteiger partial charge < -0.3 is 9.67 Å². The molecule has 0 spiro atoms. The topological polar surface area (TPSA) is 59.3 Å². The van der Waals surface area contributed by atoms with Crippen molar-refractivity contribution in [2.45, 2.75) is 17.4 Å². The molecule has 1 N–H and O–H groups in total. The summed E-state index contributed by atoms with van der Waals surface area (Å²) >= 11 is 1.82. The van der Waals surface area contributed by atoms with Crippen LogP contribution < -0.4 is 5.43 Å². The predicted molar refractivity (Wildman–Crippen MR) is 77.6 cm³/mol. The van der Waals surface area contributed by atoms with Crippen molar-refractivity contribution in [3.8, 4) is 0 Å².